The highest BCUT2D eigenvalue weighted by Gasteiger charge is 2.13. The molecule has 0 amide bonds. The second kappa shape index (κ2) is 6.29. The van der Waals surface area contributed by atoms with Crippen LogP contribution < -0.4 is 9.64 Å². The van der Waals surface area contributed by atoms with Gasteiger partial charge in [0.15, 0.2) is 0 Å². The molecule has 0 radical (unpaired) electrons. The maximum atomic E-state index is 12.8. The van der Waals surface area contributed by atoms with Gasteiger partial charge in [-0.1, -0.05) is 12.1 Å². The van der Waals surface area contributed by atoms with E-state index in [9.17, 15) is 9.50 Å². The van der Waals surface area contributed by atoms with Crippen molar-refractivity contribution in [2.75, 3.05) is 25.6 Å². The van der Waals surface area contributed by atoms with Crippen LogP contribution in [0.1, 0.15) is 11.7 Å². The molecule has 5 nitrogen and oxygen atoms in total. The SMILES string of the molecule is COc1ccnc(N(C)CC(O)c2ccc(F)cc2)n1. The molecule has 2 aromatic rings. The van der Waals surface area contributed by atoms with Crippen LogP contribution in [0, 0.1) is 5.82 Å². The summed E-state index contributed by atoms with van der Waals surface area (Å²) in [6.45, 7) is 0.290. The molecule has 1 unspecified atom stereocenters. The van der Waals surface area contributed by atoms with E-state index in [1.54, 1.807) is 36.3 Å². The fraction of sp³-hybridized carbons (Fsp3) is 0.286. The first-order valence-corrected chi connectivity index (χ1v) is 6.12. The Bertz CT molecular complexity index is 563. The minimum absolute atomic E-state index is 0.290. The summed E-state index contributed by atoms with van der Waals surface area (Å²) in [5, 5.41) is 10.1. The van der Waals surface area contributed by atoms with Gasteiger partial charge in [0.1, 0.15) is 5.82 Å². The molecule has 6 heteroatoms. The number of aromatic nitrogens is 2. The van der Waals surface area contributed by atoms with Gasteiger partial charge in [0, 0.05) is 19.3 Å². The highest BCUT2D eigenvalue weighted by atomic mass is 19.1. The molecule has 1 aromatic carbocycles. The van der Waals surface area contributed by atoms with Gasteiger partial charge in [-0.25, -0.2) is 9.37 Å². The van der Waals surface area contributed by atoms with Crippen LogP contribution in [0.2, 0.25) is 0 Å². The Labute approximate surface area is 116 Å². The van der Waals surface area contributed by atoms with Crippen molar-refractivity contribution in [2.45, 2.75) is 6.10 Å². The third-order valence-corrected chi connectivity index (χ3v) is 2.87. The van der Waals surface area contributed by atoms with Crippen LogP contribution in [0.15, 0.2) is 36.5 Å². The Kier molecular flexibility index (Phi) is 4.47. The molecular formula is C14H16FN3O2. The van der Waals surface area contributed by atoms with E-state index < -0.39 is 6.10 Å². The predicted molar refractivity (Wildman–Crippen MR) is 73.2 cm³/mol. The summed E-state index contributed by atoms with van der Waals surface area (Å²) in [7, 11) is 3.29. The van der Waals surface area contributed by atoms with Gasteiger partial charge in [0.2, 0.25) is 11.8 Å². The van der Waals surface area contributed by atoms with Gasteiger partial charge < -0.3 is 14.7 Å². The lowest BCUT2D eigenvalue weighted by Crippen LogP contribution is -2.26. The molecule has 1 heterocycles. The Morgan fingerprint density at radius 3 is 2.65 bits per heavy atom. The van der Waals surface area contributed by atoms with Crippen molar-refractivity contribution < 1.29 is 14.2 Å². The number of hydrogen-bond acceptors (Lipinski definition) is 5. The topological polar surface area (TPSA) is 58.5 Å². The number of nitrogens with zero attached hydrogens (tertiary/aromatic N) is 3. The Hall–Kier alpha value is -2.21. The first-order chi connectivity index (χ1) is 9.60. The molecule has 0 aliphatic rings. The van der Waals surface area contributed by atoms with E-state index in [1.165, 1.54) is 19.2 Å². The van der Waals surface area contributed by atoms with Gasteiger partial charge in [-0.3, -0.25) is 0 Å². The Morgan fingerprint density at radius 1 is 1.30 bits per heavy atom. The smallest absolute Gasteiger partial charge is 0.228 e. The van der Waals surface area contributed by atoms with Crippen molar-refractivity contribution in [3.05, 3.63) is 47.9 Å². The molecule has 20 heavy (non-hydrogen) atoms. The second-order valence-corrected chi connectivity index (χ2v) is 4.35. The largest absolute Gasteiger partial charge is 0.481 e. The average molecular weight is 277 g/mol. The van der Waals surface area contributed by atoms with Gasteiger partial charge >= 0.3 is 0 Å². The van der Waals surface area contributed by atoms with Crippen LogP contribution in [0.5, 0.6) is 5.88 Å². The number of hydrogen-bond donors (Lipinski definition) is 1. The van der Waals surface area contributed by atoms with Crippen LogP contribution >= 0.6 is 0 Å². The number of rotatable bonds is 5. The Balaban J connectivity index is 2.06. The molecule has 0 bridgehead atoms. The van der Waals surface area contributed by atoms with Gasteiger partial charge in [-0.15, -0.1) is 0 Å². The fourth-order valence-electron chi connectivity index (χ4n) is 1.76. The highest BCUT2D eigenvalue weighted by Crippen LogP contribution is 2.17. The van der Waals surface area contributed by atoms with Crippen molar-refractivity contribution in [3.63, 3.8) is 0 Å². The standard InChI is InChI=1S/C14H16FN3O2/c1-18(14-16-8-7-13(17-14)20-2)9-12(19)10-3-5-11(15)6-4-10/h3-8,12,19H,9H2,1-2H3. The van der Waals surface area contributed by atoms with Crippen molar-refractivity contribution in [3.8, 4) is 5.88 Å². The summed E-state index contributed by atoms with van der Waals surface area (Å²) >= 11 is 0. The molecule has 106 valence electrons. The van der Waals surface area contributed by atoms with E-state index >= 15 is 0 Å². The number of anilines is 1. The monoisotopic (exact) mass is 277 g/mol. The van der Waals surface area contributed by atoms with Gasteiger partial charge in [0.05, 0.1) is 19.8 Å². The first-order valence-electron chi connectivity index (χ1n) is 6.12. The van der Waals surface area contributed by atoms with Crippen LogP contribution in [0.3, 0.4) is 0 Å². The van der Waals surface area contributed by atoms with Crippen LogP contribution in [0.4, 0.5) is 10.3 Å². The third kappa shape index (κ3) is 3.42. The van der Waals surface area contributed by atoms with E-state index in [2.05, 4.69) is 9.97 Å². The first kappa shape index (κ1) is 14.2. The minimum Gasteiger partial charge on any atom is -0.481 e. The summed E-state index contributed by atoms with van der Waals surface area (Å²) in [6, 6.07) is 7.40. The van der Waals surface area contributed by atoms with E-state index in [0.717, 1.165) is 0 Å². The number of aliphatic hydroxyl groups excluding tert-OH is 1. The van der Waals surface area contributed by atoms with Crippen molar-refractivity contribution in [1.29, 1.82) is 0 Å². The molecule has 0 aliphatic heterocycles. The summed E-state index contributed by atoms with van der Waals surface area (Å²) in [5.74, 6) is 0.578. The van der Waals surface area contributed by atoms with Gasteiger partial charge in [-0.05, 0) is 17.7 Å². The number of likely N-dealkylation sites (N-methyl/N-ethyl adjacent to an activating group) is 1. The van der Waals surface area contributed by atoms with E-state index in [1.807, 2.05) is 0 Å². The maximum absolute atomic E-state index is 12.8. The van der Waals surface area contributed by atoms with Crippen molar-refractivity contribution >= 4 is 5.95 Å². The van der Waals surface area contributed by atoms with E-state index in [0.29, 0.717) is 23.9 Å². The zero-order chi connectivity index (χ0) is 14.5. The molecule has 0 fully saturated rings. The van der Waals surface area contributed by atoms with Crippen molar-refractivity contribution in [1.82, 2.24) is 9.97 Å². The van der Waals surface area contributed by atoms with Crippen LogP contribution in [0.25, 0.3) is 0 Å². The lowest BCUT2D eigenvalue weighted by Gasteiger charge is -2.21. The van der Waals surface area contributed by atoms with Gasteiger partial charge in [0.25, 0.3) is 0 Å². The fourth-order valence-corrected chi connectivity index (χ4v) is 1.76. The normalized spacial score (nSPS) is 12.0. The minimum atomic E-state index is -0.754. The quantitative estimate of drug-likeness (QED) is 0.903. The number of benzene rings is 1. The number of methoxy groups -OCH3 is 1. The molecule has 2 rings (SSSR count). The van der Waals surface area contributed by atoms with E-state index in [4.69, 9.17) is 4.74 Å². The second-order valence-electron chi connectivity index (χ2n) is 4.35. The molecule has 1 atom stereocenters. The summed E-state index contributed by atoms with van der Waals surface area (Å²) in [5.41, 5.74) is 0.640. The highest BCUT2D eigenvalue weighted by molar-refractivity contribution is 5.32. The molecule has 1 N–H and O–H groups in total. The predicted octanol–water partition coefficient (Wildman–Crippen LogP) is 1.79. The number of aliphatic hydroxyl groups is 1. The third-order valence-electron chi connectivity index (χ3n) is 2.87. The Morgan fingerprint density at radius 2 is 2.00 bits per heavy atom. The van der Waals surface area contributed by atoms with E-state index in [-0.39, 0.29) is 5.82 Å². The number of ether oxygens (including phenoxy) is 1. The molecule has 0 aliphatic carbocycles. The molecule has 0 spiro atoms. The summed E-state index contributed by atoms with van der Waals surface area (Å²) in [4.78, 5) is 9.99. The zero-order valence-electron chi connectivity index (χ0n) is 11.3. The van der Waals surface area contributed by atoms with Gasteiger partial charge in [-0.2, -0.15) is 4.98 Å². The van der Waals surface area contributed by atoms with Crippen LogP contribution in [-0.2, 0) is 0 Å². The van der Waals surface area contributed by atoms with Crippen LogP contribution in [-0.4, -0.2) is 35.8 Å². The van der Waals surface area contributed by atoms with Crippen molar-refractivity contribution in [2.24, 2.45) is 0 Å². The molecule has 1 aromatic heterocycles. The lowest BCUT2D eigenvalue weighted by atomic mass is 10.1. The lowest BCUT2D eigenvalue weighted by molar-refractivity contribution is 0.184. The number of halogens is 1. The molecular weight excluding hydrogens is 261 g/mol. The summed E-state index contributed by atoms with van der Waals surface area (Å²) in [6.07, 6.45) is 0.831. The zero-order valence-corrected chi connectivity index (χ0v) is 11.3. The summed E-state index contributed by atoms with van der Waals surface area (Å²) < 4.78 is 17.9. The molecule has 0 saturated heterocycles. The molecule has 0 saturated carbocycles. The average Bonchev–Trinajstić information content (AvgIpc) is 2.47. The maximum Gasteiger partial charge on any atom is 0.228 e.